The van der Waals surface area contributed by atoms with Gasteiger partial charge < -0.3 is 5.32 Å². The number of amides is 1. The van der Waals surface area contributed by atoms with Crippen molar-refractivity contribution in [2.24, 2.45) is 11.8 Å². The molecule has 0 radical (unpaired) electrons. The van der Waals surface area contributed by atoms with Gasteiger partial charge in [-0.2, -0.15) is 13.2 Å². The summed E-state index contributed by atoms with van der Waals surface area (Å²) in [5, 5.41) is 2.76. The maximum Gasteiger partial charge on any atom is 0.416 e. The highest BCUT2D eigenvalue weighted by atomic mass is 19.4. The Bertz CT molecular complexity index is 484. The predicted molar refractivity (Wildman–Crippen MR) is 65.3 cm³/mol. The van der Waals surface area contributed by atoms with Gasteiger partial charge in [0.1, 0.15) is 0 Å². The van der Waals surface area contributed by atoms with Crippen molar-refractivity contribution in [2.45, 2.75) is 32.5 Å². The van der Waals surface area contributed by atoms with Gasteiger partial charge in [-0.05, 0) is 37.0 Å². The smallest absolute Gasteiger partial charge is 0.349 e. The molecular formula is C14H16F3NO. The molecule has 0 bridgehead atoms. The van der Waals surface area contributed by atoms with Crippen molar-refractivity contribution in [1.29, 1.82) is 0 Å². The second-order valence-electron chi connectivity index (χ2n) is 5.17. The number of rotatable bonds is 3. The lowest BCUT2D eigenvalue weighted by molar-refractivity contribution is -0.137. The molecule has 0 spiro atoms. The van der Waals surface area contributed by atoms with Crippen molar-refractivity contribution >= 4 is 5.91 Å². The zero-order valence-electron chi connectivity index (χ0n) is 10.8. The van der Waals surface area contributed by atoms with Crippen LogP contribution in [-0.2, 0) is 11.0 Å². The van der Waals surface area contributed by atoms with Gasteiger partial charge in [0.2, 0.25) is 5.91 Å². The minimum absolute atomic E-state index is 0.0215. The van der Waals surface area contributed by atoms with Crippen LogP contribution in [0.2, 0.25) is 0 Å². The number of halogens is 3. The van der Waals surface area contributed by atoms with E-state index in [1.807, 2.05) is 6.92 Å². The number of carbonyl (C=O) groups excluding carboxylic acids is 1. The van der Waals surface area contributed by atoms with E-state index in [2.05, 4.69) is 5.32 Å². The van der Waals surface area contributed by atoms with Crippen molar-refractivity contribution < 1.29 is 18.0 Å². The molecular weight excluding hydrogens is 255 g/mol. The van der Waals surface area contributed by atoms with Gasteiger partial charge in [0.15, 0.2) is 0 Å². The first-order valence-corrected chi connectivity index (χ1v) is 6.26. The minimum Gasteiger partial charge on any atom is -0.349 e. The lowest BCUT2D eigenvalue weighted by Crippen LogP contribution is -2.28. The summed E-state index contributed by atoms with van der Waals surface area (Å²) < 4.78 is 37.8. The molecule has 104 valence electrons. The highest BCUT2D eigenvalue weighted by Gasteiger charge is 2.39. The van der Waals surface area contributed by atoms with Gasteiger partial charge in [0.05, 0.1) is 11.6 Å². The third-order valence-corrected chi connectivity index (χ3v) is 3.52. The van der Waals surface area contributed by atoms with Crippen LogP contribution in [0.5, 0.6) is 0 Å². The van der Waals surface area contributed by atoms with Gasteiger partial charge in [0, 0.05) is 5.92 Å². The van der Waals surface area contributed by atoms with Crippen LogP contribution in [0.25, 0.3) is 0 Å². The van der Waals surface area contributed by atoms with Gasteiger partial charge in [-0.25, -0.2) is 0 Å². The molecule has 0 aromatic heterocycles. The van der Waals surface area contributed by atoms with Crippen molar-refractivity contribution in [3.05, 3.63) is 35.4 Å². The molecule has 0 unspecified atom stereocenters. The highest BCUT2D eigenvalue weighted by Crippen LogP contribution is 2.38. The van der Waals surface area contributed by atoms with Crippen LogP contribution in [0.15, 0.2) is 24.3 Å². The van der Waals surface area contributed by atoms with E-state index in [1.165, 1.54) is 6.07 Å². The summed E-state index contributed by atoms with van der Waals surface area (Å²) in [4.78, 5) is 11.7. The van der Waals surface area contributed by atoms with Crippen LogP contribution in [0.3, 0.4) is 0 Å². The standard InChI is InChI=1S/C14H16F3NO/c1-8-6-12(8)13(19)18-9(2)10-4-3-5-11(7-10)14(15,16)17/h3-5,7-9,12H,6H2,1-2H3,(H,18,19)/t8-,9+,12+/m0/s1. The largest absolute Gasteiger partial charge is 0.416 e. The third kappa shape index (κ3) is 3.28. The molecule has 3 atom stereocenters. The number of benzene rings is 1. The predicted octanol–water partition coefficient (Wildman–Crippen LogP) is 3.54. The maximum atomic E-state index is 12.6. The molecule has 1 aromatic carbocycles. The lowest BCUT2D eigenvalue weighted by atomic mass is 10.0. The summed E-state index contributed by atoms with van der Waals surface area (Å²) in [5.41, 5.74) is -0.220. The fourth-order valence-electron chi connectivity index (χ4n) is 2.08. The molecule has 19 heavy (non-hydrogen) atoms. The van der Waals surface area contributed by atoms with E-state index in [9.17, 15) is 18.0 Å². The Labute approximate surface area is 110 Å². The van der Waals surface area contributed by atoms with Gasteiger partial charge in [0.25, 0.3) is 0 Å². The molecule has 1 aromatic rings. The Balaban J connectivity index is 2.06. The molecule has 1 fully saturated rings. The average Bonchev–Trinajstić information content (AvgIpc) is 3.05. The van der Waals surface area contributed by atoms with Crippen molar-refractivity contribution in [3.8, 4) is 0 Å². The Hall–Kier alpha value is -1.52. The molecule has 0 heterocycles. The number of hydrogen-bond acceptors (Lipinski definition) is 1. The second kappa shape index (κ2) is 4.87. The first-order chi connectivity index (χ1) is 8.79. The maximum absolute atomic E-state index is 12.6. The van der Waals surface area contributed by atoms with E-state index < -0.39 is 17.8 Å². The van der Waals surface area contributed by atoms with E-state index in [0.717, 1.165) is 18.6 Å². The molecule has 2 nitrogen and oxygen atoms in total. The number of nitrogens with one attached hydrogen (secondary N) is 1. The fraction of sp³-hybridized carbons (Fsp3) is 0.500. The zero-order valence-corrected chi connectivity index (χ0v) is 10.8. The van der Waals surface area contributed by atoms with Crippen LogP contribution in [0, 0.1) is 11.8 Å². The first kappa shape index (κ1) is 13.9. The Morgan fingerprint density at radius 1 is 1.42 bits per heavy atom. The molecule has 1 N–H and O–H groups in total. The monoisotopic (exact) mass is 271 g/mol. The van der Waals surface area contributed by atoms with E-state index in [4.69, 9.17) is 0 Å². The summed E-state index contributed by atoms with van der Waals surface area (Å²) in [7, 11) is 0. The highest BCUT2D eigenvalue weighted by molar-refractivity contribution is 5.81. The molecule has 1 aliphatic carbocycles. The SMILES string of the molecule is C[C@@H](NC(=O)[C@@H]1C[C@@H]1C)c1cccc(C(F)(F)F)c1. The van der Waals surface area contributed by atoms with Gasteiger partial charge >= 0.3 is 6.18 Å². The van der Waals surface area contributed by atoms with Crippen LogP contribution in [0.4, 0.5) is 13.2 Å². The molecule has 2 rings (SSSR count). The molecule has 1 saturated carbocycles. The quantitative estimate of drug-likeness (QED) is 0.895. The Kier molecular flexibility index (Phi) is 3.56. The van der Waals surface area contributed by atoms with Crippen LogP contribution in [0.1, 0.15) is 37.4 Å². The van der Waals surface area contributed by atoms with Crippen molar-refractivity contribution in [3.63, 3.8) is 0 Å². The van der Waals surface area contributed by atoms with E-state index in [1.54, 1.807) is 13.0 Å². The van der Waals surface area contributed by atoms with E-state index >= 15 is 0 Å². The van der Waals surface area contributed by atoms with Crippen LogP contribution >= 0.6 is 0 Å². The van der Waals surface area contributed by atoms with Crippen molar-refractivity contribution in [2.75, 3.05) is 0 Å². The molecule has 1 amide bonds. The Morgan fingerprint density at radius 3 is 2.58 bits per heavy atom. The second-order valence-corrected chi connectivity index (χ2v) is 5.17. The Morgan fingerprint density at radius 2 is 2.05 bits per heavy atom. The molecule has 1 aliphatic rings. The number of hydrogen-bond donors (Lipinski definition) is 1. The summed E-state index contributed by atoms with van der Waals surface area (Å²) >= 11 is 0. The first-order valence-electron chi connectivity index (χ1n) is 6.26. The van der Waals surface area contributed by atoms with E-state index in [-0.39, 0.29) is 11.8 Å². The summed E-state index contributed by atoms with van der Waals surface area (Å²) in [6.45, 7) is 3.68. The normalized spacial score (nSPS) is 23.8. The van der Waals surface area contributed by atoms with Crippen LogP contribution in [-0.4, -0.2) is 5.91 Å². The molecule has 5 heteroatoms. The third-order valence-electron chi connectivity index (χ3n) is 3.52. The van der Waals surface area contributed by atoms with Crippen LogP contribution < -0.4 is 5.32 Å². The minimum atomic E-state index is -4.36. The number of alkyl halides is 3. The summed E-state index contributed by atoms with van der Waals surface area (Å²) in [6.07, 6.45) is -3.49. The summed E-state index contributed by atoms with van der Waals surface area (Å²) in [5.74, 6) is 0.333. The van der Waals surface area contributed by atoms with Gasteiger partial charge in [-0.15, -0.1) is 0 Å². The molecule has 0 saturated heterocycles. The molecule has 0 aliphatic heterocycles. The van der Waals surface area contributed by atoms with Gasteiger partial charge in [-0.3, -0.25) is 4.79 Å². The average molecular weight is 271 g/mol. The zero-order chi connectivity index (χ0) is 14.2. The fourth-order valence-corrected chi connectivity index (χ4v) is 2.08. The topological polar surface area (TPSA) is 29.1 Å². The number of carbonyl (C=O) groups is 1. The van der Waals surface area contributed by atoms with E-state index in [0.29, 0.717) is 11.5 Å². The summed E-state index contributed by atoms with van der Waals surface area (Å²) in [6, 6.07) is 4.65. The lowest BCUT2D eigenvalue weighted by Gasteiger charge is -2.16. The van der Waals surface area contributed by atoms with Crippen molar-refractivity contribution in [1.82, 2.24) is 5.32 Å². The van der Waals surface area contributed by atoms with Gasteiger partial charge in [-0.1, -0.05) is 19.1 Å².